The van der Waals surface area contributed by atoms with E-state index in [1.807, 2.05) is 29.2 Å². The third-order valence-corrected chi connectivity index (χ3v) is 5.35. The van der Waals surface area contributed by atoms with Crippen LogP contribution in [0.25, 0.3) is 0 Å². The Labute approximate surface area is 151 Å². The van der Waals surface area contributed by atoms with Gasteiger partial charge in [-0.05, 0) is 63.3 Å². The Hall–Kier alpha value is -1.75. The Morgan fingerprint density at radius 2 is 2.00 bits per heavy atom. The van der Waals surface area contributed by atoms with Gasteiger partial charge in [0.1, 0.15) is 5.75 Å². The summed E-state index contributed by atoms with van der Waals surface area (Å²) in [7, 11) is 1.67. The molecule has 2 amide bonds. The number of ether oxygens (including phenoxy) is 1. The van der Waals surface area contributed by atoms with Crippen LogP contribution in [-0.2, 0) is 6.54 Å². The van der Waals surface area contributed by atoms with E-state index in [4.69, 9.17) is 4.74 Å². The highest BCUT2D eigenvalue weighted by atomic mass is 16.5. The molecule has 1 heterocycles. The van der Waals surface area contributed by atoms with Crippen LogP contribution < -0.4 is 10.1 Å². The van der Waals surface area contributed by atoms with Gasteiger partial charge in [-0.25, -0.2) is 4.79 Å². The molecule has 5 nitrogen and oxygen atoms in total. The first-order chi connectivity index (χ1) is 12.1. The third kappa shape index (κ3) is 4.88. The quantitative estimate of drug-likeness (QED) is 0.826. The van der Waals surface area contributed by atoms with Crippen molar-refractivity contribution in [2.75, 3.05) is 26.7 Å². The van der Waals surface area contributed by atoms with Crippen molar-refractivity contribution >= 4 is 6.03 Å². The predicted octanol–water partition coefficient (Wildman–Crippen LogP) is 3.10. The number of methoxy groups -OCH3 is 1. The number of hydrogen-bond acceptors (Lipinski definition) is 3. The molecule has 138 valence electrons. The first-order valence-electron chi connectivity index (χ1n) is 9.48. The molecule has 5 heteroatoms. The average molecular weight is 345 g/mol. The van der Waals surface area contributed by atoms with Crippen molar-refractivity contribution in [2.24, 2.45) is 5.92 Å². The monoisotopic (exact) mass is 345 g/mol. The molecule has 0 aromatic heterocycles. The van der Waals surface area contributed by atoms with Gasteiger partial charge < -0.3 is 19.9 Å². The fourth-order valence-corrected chi connectivity index (χ4v) is 3.51. The molecule has 0 radical (unpaired) electrons. The predicted molar refractivity (Wildman–Crippen MR) is 99.8 cm³/mol. The topological polar surface area (TPSA) is 44.8 Å². The van der Waals surface area contributed by atoms with Crippen molar-refractivity contribution in [2.45, 2.75) is 51.7 Å². The molecule has 2 aliphatic rings. The van der Waals surface area contributed by atoms with Crippen molar-refractivity contribution in [1.29, 1.82) is 0 Å². The zero-order chi connectivity index (χ0) is 17.8. The number of benzene rings is 1. The molecule has 1 aliphatic heterocycles. The normalized spacial score (nSPS) is 20.7. The maximum atomic E-state index is 12.7. The second-order valence-electron chi connectivity index (χ2n) is 7.64. The van der Waals surface area contributed by atoms with Crippen molar-refractivity contribution in [3.05, 3.63) is 29.8 Å². The second-order valence-corrected chi connectivity index (χ2v) is 7.64. The molecule has 1 N–H and O–H groups in total. The highest BCUT2D eigenvalue weighted by molar-refractivity contribution is 5.75. The zero-order valence-corrected chi connectivity index (χ0v) is 15.7. The van der Waals surface area contributed by atoms with Crippen LogP contribution in [0.1, 0.15) is 38.7 Å². The summed E-state index contributed by atoms with van der Waals surface area (Å²) in [6.07, 6.45) is 3.42. The minimum absolute atomic E-state index is 0.0846. The van der Waals surface area contributed by atoms with Crippen LogP contribution in [0, 0.1) is 5.92 Å². The van der Waals surface area contributed by atoms with E-state index in [9.17, 15) is 4.79 Å². The summed E-state index contributed by atoms with van der Waals surface area (Å²) < 4.78 is 5.21. The standard InChI is InChI=1S/C20H31N3O2/c1-15(2)22-11-10-17(13-22)12-21-20(24)23(18-6-7-18)14-16-4-8-19(25-3)9-5-16/h4-5,8-9,15,17-18H,6-7,10-14H2,1-3H3,(H,21,24)/t17-/m1/s1. The maximum absolute atomic E-state index is 12.7. The van der Waals surface area contributed by atoms with Crippen LogP contribution in [0.5, 0.6) is 5.75 Å². The summed E-state index contributed by atoms with van der Waals surface area (Å²) in [5.41, 5.74) is 1.15. The average Bonchev–Trinajstić information content (AvgIpc) is 3.34. The maximum Gasteiger partial charge on any atom is 0.317 e. The summed E-state index contributed by atoms with van der Waals surface area (Å²) in [6, 6.07) is 9.07. The van der Waals surface area contributed by atoms with Crippen LogP contribution in [0.4, 0.5) is 4.79 Å². The van der Waals surface area contributed by atoms with Gasteiger partial charge in [-0.1, -0.05) is 12.1 Å². The smallest absolute Gasteiger partial charge is 0.317 e. The molecule has 1 saturated carbocycles. The Bertz CT molecular complexity index is 569. The van der Waals surface area contributed by atoms with Gasteiger partial charge in [0.25, 0.3) is 0 Å². The van der Waals surface area contributed by atoms with Crippen LogP contribution >= 0.6 is 0 Å². The van der Waals surface area contributed by atoms with Crippen molar-refractivity contribution in [3.8, 4) is 5.75 Å². The van der Waals surface area contributed by atoms with E-state index in [0.717, 1.165) is 43.8 Å². The van der Waals surface area contributed by atoms with Crippen molar-refractivity contribution in [1.82, 2.24) is 15.1 Å². The minimum Gasteiger partial charge on any atom is -0.497 e. The summed E-state index contributed by atoms with van der Waals surface area (Å²) in [6.45, 7) is 8.18. The molecule has 1 aliphatic carbocycles. The van der Waals surface area contributed by atoms with E-state index in [1.54, 1.807) is 7.11 Å². The lowest BCUT2D eigenvalue weighted by Crippen LogP contribution is -2.43. The van der Waals surface area contributed by atoms with E-state index >= 15 is 0 Å². The number of carbonyl (C=O) groups excluding carboxylic acids is 1. The third-order valence-electron chi connectivity index (χ3n) is 5.35. The van der Waals surface area contributed by atoms with E-state index in [0.29, 0.717) is 24.5 Å². The molecule has 1 aromatic rings. The van der Waals surface area contributed by atoms with Gasteiger partial charge in [0, 0.05) is 31.7 Å². The molecular weight excluding hydrogens is 314 g/mol. The van der Waals surface area contributed by atoms with Gasteiger partial charge in [-0.15, -0.1) is 0 Å². The van der Waals surface area contributed by atoms with E-state index < -0.39 is 0 Å². The Morgan fingerprint density at radius 3 is 2.56 bits per heavy atom. The van der Waals surface area contributed by atoms with Gasteiger partial charge in [0.15, 0.2) is 0 Å². The minimum atomic E-state index is 0.0846. The fraction of sp³-hybridized carbons (Fsp3) is 0.650. The number of rotatable bonds is 7. The Balaban J connectivity index is 1.51. The van der Waals surface area contributed by atoms with Crippen molar-refractivity contribution in [3.63, 3.8) is 0 Å². The lowest BCUT2D eigenvalue weighted by atomic mass is 10.1. The summed E-state index contributed by atoms with van der Waals surface area (Å²) in [5.74, 6) is 1.43. The highest BCUT2D eigenvalue weighted by Gasteiger charge is 2.33. The van der Waals surface area contributed by atoms with Gasteiger partial charge in [0.2, 0.25) is 0 Å². The number of likely N-dealkylation sites (tertiary alicyclic amines) is 1. The highest BCUT2D eigenvalue weighted by Crippen LogP contribution is 2.29. The number of hydrogen-bond donors (Lipinski definition) is 1. The lowest BCUT2D eigenvalue weighted by molar-refractivity contribution is 0.189. The van der Waals surface area contributed by atoms with Crippen molar-refractivity contribution < 1.29 is 9.53 Å². The molecule has 2 fully saturated rings. The van der Waals surface area contributed by atoms with Gasteiger partial charge in [-0.2, -0.15) is 0 Å². The molecule has 0 spiro atoms. The first kappa shape index (κ1) is 18.1. The zero-order valence-electron chi connectivity index (χ0n) is 15.7. The number of amides is 2. The van der Waals surface area contributed by atoms with E-state index in [-0.39, 0.29) is 6.03 Å². The summed E-state index contributed by atoms with van der Waals surface area (Å²) in [4.78, 5) is 17.2. The van der Waals surface area contributed by atoms with Crippen LogP contribution in [0.2, 0.25) is 0 Å². The van der Waals surface area contributed by atoms with E-state index in [1.165, 1.54) is 6.42 Å². The molecule has 0 bridgehead atoms. The number of carbonyl (C=O) groups is 1. The molecule has 1 aromatic carbocycles. The second kappa shape index (κ2) is 8.09. The SMILES string of the molecule is COc1ccc(CN(C(=O)NC[C@H]2CCN(C(C)C)C2)C2CC2)cc1. The molecule has 25 heavy (non-hydrogen) atoms. The van der Waals surface area contributed by atoms with Gasteiger partial charge in [0.05, 0.1) is 7.11 Å². The van der Waals surface area contributed by atoms with Gasteiger partial charge >= 0.3 is 6.03 Å². The molecule has 0 unspecified atom stereocenters. The lowest BCUT2D eigenvalue weighted by Gasteiger charge is -2.24. The molecule has 1 saturated heterocycles. The first-order valence-corrected chi connectivity index (χ1v) is 9.48. The number of nitrogens with one attached hydrogen (secondary N) is 1. The largest absolute Gasteiger partial charge is 0.497 e. The Kier molecular flexibility index (Phi) is 5.84. The molecule has 3 rings (SSSR count). The summed E-state index contributed by atoms with van der Waals surface area (Å²) >= 11 is 0. The van der Waals surface area contributed by atoms with Gasteiger partial charge in [-0.3, -0.25) is 0 Å². The number of urea groups is 1. The molecule has 1 atom stereocenters. The number of nitrogens with zero attached hydrogens (tertiary/aromatic N) is 2. The summed E-state index contributed by atoms with van der Waals surface area (Å²) in [5, 5.41) is 3.18. The molecular formula is C20H31N3O2. The van der Waals surface area contributed by atoms with E-state index in [2.05, 4.69) is 24.1 Å². The Morgan fingerprint density at radius 1 is 1.28 bits per heavy atom. The fourth-order valence-electron chi connectivity index (χ4n) is 3.51. The van der Waals surface area contributed by atoms with Crippen LogP contribution in [-0.4, -0.2) is 54.7 Å². The van der Waals surface area contributed by atoms with Crippen LogP contribution in [0.15, 0.2) is 24.3 Å². The van der Waals surface area contributed by atoms with Crippen LogP contribution in [0.3, 0.4) is 0 Å².